The van der Waals surface area contributed by atoms with Crippen LogP contribution in [-0.2, 0) is 11.4 Å². The summed E-state index contributed by atoms with van der Waals surface area (Å²) in [5, 5.41) is 6.83. The van der Waals surface area contributed by atoms with Gasteiger partial charge in [0.1, 0.15) is 0 Å². The Kier molecular flexibility index (Phi) is 5.97. The number of oxime groups is 1. The van der Waals surface area contributed by atoms with Crippen LogP contribution in [0.1, 0.15) is 32.8 Å². The topological polar surface area (TPSA) is 41.9 Å². The summed E-state index contributed by atoms with van der Waals surface area (Å²) in [4.78, 5) is 21.3. The van der Waals surface area contributed by atoms with Crippen molar-refractivity contribution in [1.29, 1.82) is 0 Å². The monoisotopic (exact) mass is 424 g/mol. The van der Waals surface area contributed by atoms with Crippen molar-refractivity contribution in [1.82, 2.24) is 4.90 Å². The van der Waals surface area contributed by atoms with E-state index < -0.39 is 0 Å². The summed E-state index contributed by atoms with van der Waals surface area (Å²) >= 11 is 7.78. The standard InChI is InChI=1S/C23H21ClN2O2S/c1-16-8-10-17(11-9-16)21-13-19(28-25-21)15-26(23(27)22-7-4-12-29-22)14-18-5-2-3-6-20(18)24/h2-12,19H,13-15H2,1H3/t19-/m1/s1. The molecule has 1 atom stereocenters. The summed E-state index contributed by atoms with van der Waals surface area (Å²) in [5.74, 6) is -0.0210. The molecule has 0 fully saturated rings. The first kappa shape index (κ1) is 19.7. The first-order chi connectivity index (χ1) is 14.1. The lowest BCUT2D eigenvalue weighted by molar-refractivity contribution is 0.0408. The second-order valence-corrected chi connectivity index (χ2v) is 8.44. The summed E-state index contributed by atoms with van der Waals surface area (Å²) < 4.78 is 0. The zero-order valence-corrected chi connectivity index (χ0v) is 17.6. The number of aryl methyl sites for hydroxylation is 1. The van der Waals surface area contributed by atoms with Crippen LogP contribution >= 0.6 is 22.9 Å². The maximum absolute atomic E-state index is 13.1. The van der Waals surface area contributed by atoms with Crippen molar-refractivity contribution in [3.05, 3.63) is 92.6 Å². The number of hydrogen-bond acceptors (Lipinski definition) is 4. The first-order valence-electron chi connectivity index (χ1n) is 9.46. The number of rotatable bonds is 6. The van der Waals surface area contributed by atoms with Gasteiger partial charge in [-0.15, -0.1) is 11.3 Å². The molecule has 6 heteroatoms. The van der Waals surface area contributed by atoms with Gasteiger partial charge in [0.2, 0.25) is 0 Å². The van der Waals surface area contributed by atoms with Gasteiger partial charge in [-0.25, -0.2) is 0 Å². The molecule has 1 aromatic heterocycles. The smallest absolute Gasteiger partial charge is 0.264 e. The minimum Gasteiger partial charge on any atom is -0.390 e. The highest BCUT2D eigenvalue weighted by atomic mass is 35.5. The SMILES string of the molecule is Cc1ccc(C2=NO[C@@H](CN(Cc3ccccc3Cl)C(=O)c3cccs3)C2)cc1. The van der Waals surface area contributed by atoms with Crippen LogP contribution in [0.2, 0.25) is 5.02 Å². The van der Waals surface area contributed by atoms with Gasteiger partial charge in [-0.2, -0.15) is 0 Å². The van der Waals surface area contributed by atoms with Crippen molar-refractivity contribution in [2.75, 3.05) is 6.54 Å². The van der Waals surface area contributed by atoms with Gasteiger partial charge in [-0.05, 0) is 35.6 Å². The molecule has 0 radical (unpaired) electrons. The number of nitrogens with zero attached hydrogens (tertiary/aromatic N) is 2. The number of hydrogen-bond donors (Lipinski definition) is 0. The minimum absolute atomic E-state index is 0.0210. The zero-order valence-electron chi connectivity index (χ0n) is 16.0. The van der Waals surface area contributed by atoms with Crippen LogP contribution in [0, 0.1) is 6.92 Å². The average molecular weight is 425 g/mol. The summed E-state index contributed by atoms with van der Waals surface area (Å²) in [6.45, 7) is 2.93. The molecular weight excluding hydrogens is 404 g/mol. The van der Waals surface area contributed by atoms with Gasteiger partial charge in [0.05, 0.1) is 17.1 Å². The number of amides is 1. The molecule has 0 bridgehead atoms. The van der Waals surface area contributed by atoms with Crippen molar-refractivity contribution in [2.24, 2.45) is 5.16 Å². The highest BCUT2D eigenvalue weighted by Gasteiger charge is 2.28. The quantitative estimate of drug-likeness (QED) is 0.520. The molecule has 29 heavy (non-hydrogen) atoms. The Morgan fingerprint density at radius 1 is 1.17 bits per heavy atom. The molecule has 2 heterocycles. The van der Waals surface area contributed by atoms with Gasteiger partial charge >= 0.3 is 0 Å². The summed E-state index contributed by atoms with van der Waals surface area (Å²) in [6, 6.07) is 19.6. The Morgan fingerprint density at radius 2 is 1.97 bits per heavy atom. The second kappa shape index (κ2) is 8.80. The molecule has 2 aromatic carbocycles. The average Bonchev–Trinajstić information content (AvgIpc) is 3.41. The predicted molar refractivity (Wildman–Crippen MR) is 118 cm³/mol. The molecule has 0 unspecified atom stereocenters. The van der Waals surface area contributed by atoms with Gasteiger partial charge in [-0.3, -0.25) is 4.79 Å². The third-order valence-corrected chi connectivity index (χ3v) is 6.11. The molecule has 4 rings (SSSR count). The van der Waals surface area contributed by atoms with Crippen molar-refractivity contribution in [3.63, 3.8) is 0 Å². The predicted octanol–water partition coefficient (Wildman–Crippen LogP) is 5.55. The normalized spacial score (nSPS) is 15.7. The molecule has 0 saturated carbocycles. The molecule has 3 aromatic rings. The zero-order chi connectivity index (χ0) is 20.2. The molecule has 1 amide bonds. The summed E-state index contributed by atoms with van der Waals surface area (Å²) in [6.07, 6.45) is 0.484. The number of benzene rings is 2. The molecule has 0 N–H and O–H groups in total. The van der Waals surface area contributed by atoms with Crippen LogP contribution < -0.4 is 0 Å². The number of carbonyl (C=O) groups excluding carboxylic acids is 1. The van der Waals surface area contributed by atoms with E-state index in [0.29, 0.717) is 29.4 Å². The van der Waals surface area contributed by atoms with Crippen molar-refractivity contribution < 1.29 is 9.63 Å². The molecule has 4 nitrogen and oxygen atoms in total. The number of halogens is 1. The lowest BCUT2D eigenvalue weighted by atomic mass is 10.0. The molecule has 0 saturated heterocycles. The fraction of sp³-hybridized carbons (Fsp3) is 0.217. The fourth-order valence-corrected chi connectivity index (χ4v) is 4.18. The van der Waals surface area contributed by atoms with E-state index in [4.69, 9.17) is 16.4 Å². The van der Waals surface area contributed by atoms with Crippen molar-refractivity contribution >= 4 is 34.6 Å². The van der Waals surface area contributed by atoms with E-state index >= 15 is 0 Å². The second-order valence-electron chi connectivity index (χ2n) is 7.09. The minimum atomic E-state index is -0.183. The maximum Gasteiger partial charge on any atom is 0.264 e. The van der Waals surface area contributed by atoms with E-state index in [1.165, 1.54) is 16.9 Å². The maximum atomic E-state index is 13.1. The van der Waals surface area contributed by atoms with Gasteiger partial charge in [0.15, 0.2) is 6.10 Å². The van der Waals surface area contributed by atoms with E-state index in [9.17, 15) is 4.79 Å². The van der Waals surface area contributed by atoms with E-state index in [1.54, 1.807) is 4.90 Å². The van der Waals surface area contributed by atoms with Gasteiger partial charge < -0.3 is 9.74 Å². The van der Waals surface area contributed by atoms with Crippen LogP contribution in [0.15, 0.2) is 71.2 Å². The van der Waals surface area contributed by atoms with E-state index in [2.05, 4.69) is 36.3 Å². The Hall–Kier alpha value is -2.63. The van der Waals surface area contributed by atoms with Gasteiger partial charge in [0.25, 0.3) is 5.91 Å². The molecule has 0 aliphatic carbocycles. The Bertz CT molecular complexity index is 1020. The third-order valence-electron chi connectivity index (χ3n) is 4.88. The molecule has 0 spiro atoms. The summed E-state index contributed by atoms with van der Waals surface area (Å²) in [7, 11) is 0. The molecule has 1 aliphatic heterocycles. The highest BCUT2D eigenvalue weighted by molar-refractivity contribution is 7.12. The first-order valence-corrected chi connectivity index (χ1v) is 10.7. The van der Waals surface area contributed by atoms with Crippen LogP contribution in [0.5, 0.6) is 0 Å². The van der Waals surface area contributed by atoms with Crippen molar-refractivity contribution in [3.8, 4) is 0 Å². The lowest BCUT2D eigenvalue weighted by Crippen LogP contribution is -2.37. The van der Waals surface area contributed by atoms with E-state index in [-0.39, 0.29) is 12.0 Å². The Labute approximate surface area is 179 Å². The van der Waals surface area contributed by atoms with Gasteiger partial charge in [-0.1, -0.05) is 70.9 Å². The Morgan fingerprint density at radius 3 is 2.69 bits per heavy atom. The lowest BCUT2D eigenvalue weighted by Gasteiger charge is -2.25. The van der Waals surface area contributed by atoms with Crippen LogP contribution in [0.4, 0.5) is 0 Å². The molecular formula is C23H21ClN2O2S. The summed E-state index contributed by atoms with van der Waals surface area (Å²) in [5.41, 5.74) is 4.09. The van der Waals surface area contributed by atoms with Crippen LogP contribution in [0.3, 0.4) is 0 Å². The fourth-order valence-electron chi connectivity index (χ4n) is 3.30. The highest BCUT2D eigenvalue weighted by Crippen LogP contribution is 2.23. The third kappa shape index (κ3) is 4.69. The number of carbonyl (C=O) groups is 1. The molecule has 1 aliphatic rings. The largest absolute Gasteiger partial charge is 0.390 e. The van der Waals surface area contributed by atoms with Crippen LogP contribution in [0.25, 0.3) is 0 Å². The van der Waals surface area contributed by atoms with Crippen LogP contribution in [-0.4, -0.2) is 29.2 Å². The Balaban J connectivity index is 1.49. The van der Waals surface area contributed by atoms with Gasteiger partial charge in [0, 0.05) is 18.0 Å². The molecule has 148 valence electrons. The van der Waals surface area contributed by atoms with E-state index in [1.807, 2.05) is 41.8 Å². The van der Waals surface area contributed by atoms with Crippen molar-refractivity contribution in [2.45, 2.75) is 26.0 Å². The van der Waals surface area contributed by atoms with E-state index in [0.717, 1.165) is 16.8 Å². The number of thiophene rings is 1.